The van der Waals surface area contributed by atoms with E-state index in [0.29, 0.717) is 0 Å². The lowest BCUT2D eigenvalue weighted by atomic mass is 9.63. The molecule has 1 heterocycles. The van der Waals surface area contributed by atoms with Crippen LogP contribution >= 0.6 is 0 Å². The molecule has 2 aromatic rings. The van der Waals surface area contributed by atoms with Crippen molar-refractivity contribution in [2.45, 2.75) is 37.8 Å². The third-order valence-electron chi connectivity index (χ3n) is 4.63. The number of nitrogens with zero attached hydrogens (tertiary/aromatic N) is 3. The minimum Gasteiger partial charge on any atom is -0.338 e. The number of aromatic nitrogens is 2. The van der Waals surface area contributed by atoms with Crippen molar-refractivity contribution in [3.63, 3.8) is 0 Å². The van der Waals surface area contributed by atoms with Crippen LogP contribution in [0.15, 0.2) is 42.7 Å². The highest BCUT2D eigenvalue weighted by atomic mass is 19.3. The van der Waals surface area contributed by atoms with Gasteiger partial charge in [0, 0.05) is 19.4 Å². The summed E-state index contributed by atoms with van der Waals surface area (Å²) in [5, 5.41) is 0. The van der Waals surface area contributed by atoms with E-state index in [4.69, 9.17) is 0 Å². The fourth-order valence-corrected chi connectivity index (χ4v) is 3.21. The summed E-state index contributed by atoms with van der Waals surface area (Å²) >= 11 is 0. The Labute approximate surface area is 133 Å². The zero-order valence-electron chi connectivity index (χ0n) is 13.0. The number of carbonyl (C=O) groups excluding carboxylic acids is 1. The Kier molecular flexibility index (Phi) is 4.15. The van der Waals surface area contributed by atoms with E-state index in [0.717, 1.165) is 29.4 Å². The van der Waals surface area contributed by atoms with E-state index < -0.39 is 12.0 Å². The van der Waals surface area contributed by atoms with Crippen molar-refractivity contribution in [3.05, 3.63) is 54.1 Å². The Morgan fingerprint density at radius 2 is 2.04 bits per heavy atom. The van der Waals surface area contributed by atoms with Crippen LogP contribution in [0.4, 0.5) is 8.78 Å². The summed E-state index contributed by atoms with van der Waals surface area (Å²) in [5.41, 5.74) is 0.485. The molecule has 0 spiro atoms. The van der Waals surface area contributed by atoms with Crippen molar-refractivity contribution < 1.29 is 13.6 Å². The van der Waals surface area contributed by atoms with Gasteiger partial charge in [-0.2, -0.15) is 8.78 Å². The number of imidazole rings is 1. The van der Waals surface area contributed by atoms with Crippen LogP contribution in [-0.2, 0) is 16.8 Å². The lowest BCUT2D eigenvalue weighted by Gasteiger charge is -2.43. The molecular weight excluding hydrogens is 300 g/mol. The number of rotatable bonds is 5. The van der Waals surface area contributed by atoms with E-state index in [1.807, 2.05) is 30.3 Å². The second kappa shape index (κ2) is 6.10. The maximum Gasteiger partial charge on any atom is 0.319 e. The van der Waals surface area contributed by atoms with Crippen molar-refractivity contribution >= 4 is 5.91 Å². The Morgan fingerprint density at radius 3 is 2.61 bits per heavy atom. The summed E-state index contributed by atoms with van der Waals surface area (Å²) in [7, 11) is 1.65. The van der Waals surface area contributed by atoms with E-state index in [1.54, 1.807) is 7.05 Å². The molecule has 1 aromatic carbocycles. The topological polar surface area (TPSA) is 38.1 Å². The van der Waals surface area contributed by atoms with Gasteiger partial charge in [0.2, 0.25) is 5.91 Å². The third kappa shape index (κ3) is 2.73. The van der Waals surface area contributed by atoms with E-state index in [1.165, 1.54) is 17.3 Å². The number of alkyl halides is 2. The molecule has 1 aliphatic rings. The Hall–Kier alpha value is -2.24. The number of carbonyl (C=O) groups is 1. The molecule has 1 aliphatic carbocycles. The number of halogens is 2. The Morgan fingerprint density at radius 1 is 1.35 bits per heavy atom. The van der Waals surface area contributed by atoms with Crippen LogP contribution in [0.25, 0.3) is 0 Å². The number of amides is 1. The van der Waals surface area contributed by atoms with Crippen LogP contribution in [0.1, 0.15) is 37.2 Å². The summed E-state index contributed by atoms with van der Waals surface area (Å²) in [5.74, 6) is 0.164. The third-order valence-corrected chi connectivity index (χ3v) is 4.63. The first-order valence-electron chi connectivity index (χ1n) is 7.65. The molecule has 0 N–H and O–H groups in total. The first-order chi connectivity index (χ1) is 11.0. The van der Waals surface area contributed by atoms with Crippen LogP contribution in [0.2, 0.25) is 0 Å². The summed E-state index contributed by atoms with van der Waals surface area (Å²) in [6.07, 6.45) is 5.15. The van der Waals surface area contributed by atoms with Crippen molar-refractivity contribution in [1.29, 1.82) is 0 Å². The molecule has 0 bridgehead atoms. The molecule has 0 aliphatic heterocycles. The fraction of sp³-hybridized carbons (Fsp3) is 0.412. The zero-order valence-corrected chi connectivity index (χ0v) is 13.0. The lowest BCUT2D eigenvalue weighted by Crippen LogP contribution is -2.49. The van der Waals surface area contributed by atoms with Gasteiger partial charge in [-0.15, -0.1) is 0 Å². The summed E-state index contributed by atoms with van der Waals surface area (Å²) < 4.78 is 26.6. The standard InChI is InChI=1S/C17H19F2N3O/c1-21(12-14-20-10-11-22(14)16(18)19)15(23)17(8-5-9-17)13-6-3-2-4-7-13/h2-4,6-7,10-11,16H,5,8-9,12H2,1H3. The van der Waals surface area contributed by atoms with Gasteiger partial charge in [0.15, 0.2) is 0 Å². The van der Waals surface area contributed by atoms with Crippen LogP contribution in [0.5, 0.6) is 0 Å². The molecule has 1 aromatic heterocycles. The van der Waals surface area contributed by atoms with Gasteiger partial charge in [-0.3, -0.25) is 9.36 Å². The van der Waals surface area contributed by atoms with Crippen molar-refractivity contribution in [2.75, 3.05) is 7.05 Å². The first-order valence-corrected chi connectivity index (χ1v) is 7.65. The molecule has 1 fully saturated rings. The first kappa shape index (κ1) is 15.6. The van der Waals surface area contributed by atoms with Crippen LogP contribution in [0.3, 0.4) is 0 Å². The minimum atomic E-state index is -2.65. The highest BCUT2D eigenvalue weighted by Crippen LogP contribution is 2.45. The summed E-state index contributed by atoms with van der Waals surface area (Å²) in [6.45, 7) is -2.58. The van der Waals surface area contributed by atoms with Gasteiger partial charge in [-0.05, 0) is 18.4 Å². The molecule has 1 saturated carbocycles. The molecule has 0 saturated heterocycles. The van der Waals surface area contributed by atoms with E-state index in [2.05, 4.69) is 4.98 Å². The number of likely N-dealkylation sites (N-methyl/N-ethyl adjacent to an activating group) is 1. The molecular formula is C17H19F2N3O. The maximum atomic E-state index is 13.0. The van der Waals surface area contributed by atoms with E-state index in [-0.39, 0.29) is 18.3 Å². The molecule has 4 nitrogen and oxygen atoms in total. The smallest absolute Gasteiger partial charge is 0.319 e. The SMILES string of the molecule is CN(Cc1nccn1C(F)F)C(=O)C1(c2ccccc2)CCC1. The average molecular weight is 319 g/mol. The molecule has 3 rings (SSSR count). The van der Waals surface area contributed by atoms with E-state index in [9.17, 15) is 13.6 Å². The monoisotopic (exact) mass is 319 g/mol. The molecule has 0 atom stereocenters. The van der Waals surface area contributed by atoms with Gasteiger partial charge < -0.3 is 4.90 Å². The highest BCUT2D eigenvalue weighted by molar-refractivity contribution is 5.89. The van der Waals surface area contributed by atoms with Gasteiger partial charge in [0.25, 0.3) is 0 Å². The minimum absolute atomic E-state index is 0.0289. The largest absolute Gasteiger partial charge is 0.338 e. The highest BCUT2D eigenvalue weighted by Gasteiger charge is 2.47. The molecule has 6 heteroatoms. The molecule has 122 valence electrons. The van der Waals surface area contributed by atoms with Gasteiger partial charge in [-0.1, -0.05) is 36.8 Å². The number of hydrogen-bond acceptors (Lipinski definition) is 2. The predicted octanol–water partition coefficient (Wildman–Crippen LogP) is 3.36. The maximum absolute atomic E-state index is 13.0. The van der Waals surface area contributed by atoms with Crippen LogP contribution in [-0.4, -0.2) is 27.4 Å². The molecule has 0 unspecified atom stereocenters. The second-order valence-electron chi connectivity index (χ2n) is 5.99. The van der Waals surface area contributed by atoms with Crippen LogP contribution < -0.4 is 0 Å². The van der Waals surface area contributed by atoms with Crippen molar-refractivity contribution in [3.8, 4) is 0 Å². The van der Waals surface area contributed by atoms with Crippen molar-refractivity contribution in [1.82, 2.24) is 14.5 Å². The van der Waals surface area contributed by atoms with Gasteiger partial charge in [0.1, 0.15) is 5.82 Å². The van der Waals surface area contributed by atoms with Gasteiger partial charge in [0.05, 0.1) is 12.0 Å². The number of benzene rings is 1. The second-order valence-corrected chi connectivity index (χ2v) is 5.99. The molecule has 0 radical (unpaired) electrons. The summed E-state index contributed by atoms with van der Waals surface area (Å²) in [6, 6.07) is 9.69. The quantitative estimate of drug-likeness (QED) is 0.847. The molecule has 23 heavy (non-hydrogen) atoms. The van der Waals surface area contributed by atoms with Gasteiger partial charge >= 0.3 is 6.55 Å². The van der Waals surface area contributed by atoms with E-state index >= 15 is 0 Å². The Balaban J connectivity index is 1.80. The van der Waals surface area contributed by atoms with Crippen molar-refractivity contribution in [2.24, 2.45) is 0 Å². The fourth-order valence-electron chi connectivity index (χ4n) is 3.21. The zero-order chi connectivity index (χ0) is 16.4. The predicted molar refractivity (Wildman–Crippen MR) is 81.9 cm³/mol. The molecule has 1 amide bonds. The lowest BCUT2D eigenvalue weighted by molar-refractivity contribution is -0.140. The average Bonchev–Trinajstić information content (AvgIpc) is 2.95. The Bertz CT molecular complexity index is 680. The number of hydrogen-bond donors (Lipinski definition) is 0. The van der Waals surface area contributed by atoms with Gasteiger partial charge in [-0.25, -0.2) is 4.98 Å². The normalized spacial score (nSPS) is 16.2. The summed E-state index contributed by atoms with van der Waals surface area (Å²) in [4.78, 5) is 18.4. The van der Waals surface area contributed by atoms with Crippen LogP contribution in [0, 0.1) is 0 Å².